The third kappa shape index (κ3) is 2.63. The average Bonchev–Trinajstić information content (AvgIpc) is 3.19. The van der Waals surface area contributed by atoms with Crippen LogP contribution in [-0.2, 0) is 19.1 Å². The standard InChI is InChI=1S/C23H22N2O4/c1-23(2)13-17-15(14-5-7-24-6-3-4-18(24)19(14)23)12-16(20(26)21(17)27)22(28)25-8-10-29-11-9-25/h3,5-7,12-13H,4,8-11H2,1-2H3. The number of hydrogen-bond donors (Lipinski definition) is 0. The van der Waals surface area contributed by atoms with Gasteiger partial charge in [0.1, 0.15) is 0 Å². The molecule has 6 nitrogen and oxygen atoms in total. The molecule has 0 aromatic rings. The molecular weight excluding hydrogens is 368 g/mol. The molecule has 0 aromatic carbocycles. The quantitative estimate of drug-likeness (QED) is 0.507. The Kier molecular flexibility index (Phi) is 3.90. The van der Waals surface area contributed by atoms with Gasteiger partial charge in [0, 0.05) is 48.6 Å². The first kappa shape index (κ1) is 18.1. The zero-order chi connectivity index (χ0) is 20.3. The lowest BCUT2D eigenvalue weighted by Crippen LogP contribution is -2.44. The molecule has 6 heteroatoms. The van der Waals surface area contributed by atoms with Crippen molar-refractivity contribution in [2.75, 3.05) is 26.3 Å². The van der Waals surface area contributed by atoms with E-state index in [0.29, 0.717) is 37.4 Å². The molecule has 0 saturated carbocycles. The topological polar surface area (TPSA) is 66.9 Å². The van der Waals surface area contributed by atoms with Crippen molar-refractivity contribution in [3.63, 3.8) is 0 Å². The molecular formula is C23H22N2O4. The molecule has 3 aliphatic heterocycles. The molecule has 0 radical (unpaired) electrons. The number of amides is 1. The lowest BCUT2D eigenvalue weighted by Gasteiger charge is -2.39. The molecule has 5 aliphatic rings. The maximum atomic E-state index is 13.0. The van der Waals surface area contributed by atoms with E-state index in [0.717, 1.165) is 17.6 Å². The highest BCUT2D eigenvalue weighted by Gasteiger charge is 2.43. The monoisotopic (exact) mass is 390 g/mol. The summed E-state index contributed by atoms with van der Waals surface area (Å²) < 4.78 is 5.30. The highest BCUT2D eigenvalue weighted by Crippen LogP contribution is 2.49. The first-order valence-corrected chi connectivity index (χ1v) is 9.91. The predicted molar refractivity (Wildman–Crippen MR) is 106 cm³/mol. The van der Waals surface area contributed by atoms with Crippen LogP contribution in [-0.4, -0.2) is 53.6 Å². The van der Waals surface area contributed by atoms with Crippen molar-refractivity contribution in [1.82, 2.24) is 9.80 Å². The Morgan fingerprint density at radius 1 is 1.07 bits per heavy atom. The van der Waals surface area contributed by atoms with E-state index in [1.807, 2.05) is 24.6 Å². The van der Waals surface area contributed by atoms with Crippen LogP contribution in [0.5, 0.6) is 0 Å². The van der Waals surface area contributed by atoms with Gasteiger partial charge in [-0.3, -0.25) is 14.4 Å². The van der Waals surface area contributed by atoms with Gasteiger partial charge in [0.25, 0.3) is 5.91 Å². The third-order valence-electron chi connectivity index (χ3n) is 6.09. The van der Waals surface area contributed by atoms with Crippen molar-refractivity contribution in [2.45, 2.75) is 20.3 Å². The summed E-state index contributed by atoms with van der Waals surface area (Å²) in [5.41, 5.74) is 3.89. The van der Waals surface area contributed by atoms with Crippen LogP contribution in [0.1, 0.15) is 20.3 Å². The Morgan fingerprint density at radius 2 is 1.83 bits per heavy atom. The summed E-state index contributed by atoms with van der Waals surface area (Å²) in [6.45, 7) is 5.85. The van der Waals surface area contributed by atoms with Gasteiger partial charge in [-0.2, -0.15) is 0 Å². The van der Waals surface area contributed by atoms with Gasteiger partial charge in [-0.05, 0) is 28.9 Å². The number of allylic oxidation sites excluding steroid dienone is 8. The van der Waals surface area contributed by atoms with Crippen LogP contribution < -0.4 is 0 Å². The van der Waals surface area contributed by atoms with Crippen LogP contribution in [0.4, 0.5) is 0 Å². The molecule has 5 rings (SSSR count). The summed E-state index contributed by atoms with van der Waals surface area (Å²) >= 11 is 0. The van der Waals surface area contributed by atoms with Gasteiger partial charge in [-0.1, -0.05) is 26.0 Å². The van der Waals surface area contributed by atoms with Crippen molar-refractivity contribution in [3.8, 4) is 0 Å². The lowest BCUT2D eigenvalue weighted by molar-refractivity contribution is -0.137. The molecule has 0 spiro atoms. The summed E-state index contributed by atoms with van der Waals surface area (Å²) in [5, 5.41) is 0. The highest BCUT2D eigenvalue weighted by atomic mass is 16.5. The normalized spacial score (nSPS) is 25.0. The van der Waals surface area contributed by atoms with Crippen LogP contribution in [0.2, 0.25) is 0 Å². The fraction of sp³-hybridized carbons (Fsp3) is 0.348. The molecule has 1 saturated heterocycles. The molecule has 3 heterocycles. The fourth-order valence-electron chi connectivity index (χ4n) is 4.73. The molecule has 29 heavy (non-hydrogen) atoms. The highest BCUT2D eigenvalue weighted by molar-refractivity contribution is 6.56. The minimum absolute atomic E-state index is 0.0408. The second kappa shape index (κ2) is 6.26. The maximum absolute atomic E-state index is 13.0. The Balaban J connectivity index is 1.67. The average molecular weight is 390 g/mol. The minimum atomic E-state index is -0.715. The number of ether oxygens (including phenoxy) is 1. The fourth-order valence-corrected chi connectivity index (χ4v) is 4.73. The van der Waals surface area contributed by atoms with Gasteiger partial charge in [0.05, 0.1) is 18.8 Å². The third-order valence-corrected chi connectivity index (χ3v) is 6.09. The summed E-state index contributed by atoms with van der Waals surface area (Å²) in [7, 11) is 0. The molecule has 0 bridgehead atoms. The first-order chi connectivity index (χ1) is 13.9. The predicted octanol–water partition coefficient (Wildman–Crippen LogP) is 2.19. The number of fused-ring (bicyclic) bond motifs is 3. The van der Waals surface area contributed by atoms with Crippen LogP contribution >= 0.6 is 0 Å². The van der Waals surface area contributed by atoms with Crippen LogP contribution in [0.3, 0.4) is 0 Å². The molecule has 0 unspecified atom stereocenters. The second-order valence-electron chi connectivity index (χ2n) is 8.36. The number of carbonyl (C=O) groups is 3. The van der Waals surface area contributed by atoms with E-state index < -0.39 is 17.0 Å². The number of carbonyl (C=O) groups excluding carboxylic acids is 3. The van der Waals surface area contributed by atoms with Gasteiger partial charge in [0.15, 0.2) is 0 Å². The SMILES string of the molecule is CC1(C)C=C2C(=O)C(=O)C(C(=O)N3CCOCC3)=CC2=C2C=CN3C=CCC3=C21. The van der Waals surface area contributed by atoms with Gasteiger partial charge >= 0.3 is 0 Å². The number of hydrogen-bond acceptors (Lipinski definition) is 5. The molecule has 0 N–H and O–H groups in total. The maximum Gasteiger partial charge on any atom is 0.258 e. The smallest absolute Gasteiger partial charge is 0.258 e. The van der Waals surface area contributed by atoms with E-state index in [2.05, 4.69) is 24.8 Å². The zero-order valence-corrected chi connectivity index (χ0v) is 16.5. The van der Waals surface area contributed by atoms with Crippen molar-refractivity contribution >= 4 is 17.5 Å². The van der Waals surface area contributed by atoms with E-state index in [1.54, 1.807) is 11.0 Å². The van der Waals surface area contributed by atoms with Crippen molar-refractivity contribution in [1.29, 1.82) is 0 Å². The molecule has 0 aromatic heterocycles. The van der Waals surface area contributed by atoms with Crippen molar-refractivity contribution in [2.24, 2.45) is 5.41 Å². The Bertz CT molecular complexity index is 1040. The number of morpholine rings is 1. The van der Waals surface area contributed by atoms with Gasteiger partial charge in [0.2, 0.25) is 11.6 Å². The molecule has 2 aliphatic carbocycles. The Morgan fingerprint density at radius 3 is 2.59 bits per heavy atom. The van der Waals surface area contributed by atoms with Gasteiger partial charge in [-0.15, -0.1) is 0 Å². The molecule has 1 amide bonds. The van der Waals surface area contributed by atoms with Crippen LogP contribution in [0, 0.1) is 5.41 Å². The molecule has 0 atom stereocenters. The number of Topliss-reactive ketones (excluding diaryl/α,β-unsaturated/α-hetero) is 2. The van der Waals surface area contributed by atoms with Crippen LogP contribution in [0.15, 0.2) is 70.3 Å². The number of rotatable bonds is 1. The Hall–Kier alpha value is -2.99. The van der Waals surface area contributed by atoms with E-state index in [9.17, 15) is 14.4 Å². The number of nitrogens with zero attached hydrogens (tertiary/aromatic N) is 2. The molecule has 148 valence electrons. The second-order valence-corrected chi connectivity index (χ2v) is 8.36. The summed E-state index contributed by atoms with van der Waals surface area (Å²) in [6.07, 6.45) is 12.4. The minimum Gasteiger partial charge on any atom is -0.378 e. The largest absolute Gasteiger partial charge is 0.378 e. The summed E-state index contributed by atoms with van der Waals surface area (Å²) in [6, 6.07) is 0. The van der Waals surface area contributed by atoms with Crippen molar-refractivity contribution in [3.05, 3.63) is 70.3 Å². The first-order valence-electron chi connectivity index (χ1n) is 9.91. The van der Waals surface area contributed by atoms with E-state index in [1.165, 1.54) is 5.70 Å². The lowest BCUT2D eigenvalue weighted by atomic mass is 9.67. The number of ketones is 2. The Labute approximate surface area is 169 Å². The van der Waals surface area contributed by atoms with Gasteiger partial charge in [-0.25, -0.2) is 0 Å². The molecule has 1 fully saturated rings. The van der Waals surface area contributed by atoms with E-state index in [-0.39, 0.29) is 11.5 Å². The van der Waals surface area contributed by atoms with Gasteiger partial charge < -0.3 is 14.5 Å². The summed E-state index contributed by atoms with van der Waals surface area (Å²) in [5.74, 6) is -1.70. The van der Waals surface area contributed by atoms with E-state index in [4.69, 9.17) is 4.74 Å². The van der Waals surface area contributed by atoms with E-state index >= 15 is 0 Å². The van der Waals surface area contributed by atoms with Crippen molar-refractivity contribution < 1.29 is 19.1 Å². The summed E-state index contributed by atoms with van der Waals surface area (Å²) in [4.78, 5) is 42.5. The van der Waals surface area contributed by atoms with Crippen LogP contribution in [0.25, 0.3) is 0 Å². The zero-order valence-electron chi connectivity index (χ0n) is 16.5.